The maximum atomic E-state index is 12.8. The second kappa shape index (κ2) is 5.21. The average Bonchev–Trinajstić information content (AvgIpc) is 3.22. The first kappa shape index (κ1) is 16.1. The fourth-order valence-corrected chi connectivity index (χ4v) is 6.08. The zero-order valence-corrected chi connectivity index (χ0v) is 15.2. The molecule has 0 radical (unpaired) electrons. The normalized spacial score (nSPS) is 37.0. The molecule has 5 heteroatoms. The highest BCUT2D eigenvalue weighted by molar-refractivity contribution is 5.94. The van der Waals surface area contributed by atoms with Crippen molar-refractivity contribution in [2.75, 3.05) is 25.5 Å². The van der Waals surface area contributed by atoms with Crippen molar-refractivity contribution in [3.05, 3.63) is 53.3 Å². The molecule has 0 aromatic heterocycles. The Morgan fingerprint density at radius 3 is 3.00 bits per heavy atom. The number of anilines is 1. The van der Waals surface area contributed by atoms with E-state index in [-0.39, 0.29) is 11.5 Å². The maximum Gasteiger partial charge on any atom is 0.338 e. The first-order valence-electron chi connectivity index (χ1n) is 9.39. The van der Waals surface area contributed by atoms with Gasteiger partial charge in [0.05, 0.1) is 24.2 Å². The Balaban J connectivity index is 1.87. The molecule has 0 amide bonds. The first-order valence-corrected chi connectivity index (χ1v) is 9.39. The van der Waals surface area contributed by atoms with Crippen LogP contribution in [0.1, 0.15) is 25.3 Å². The molecule has 1 fully saturated rings. The highest BCUT2D eigenvalue weighted by atomic mass is 16.5. The highest BCUT2D eigenvalue weighted by Gasteiger charge is 2.68. The van der Waals surface area contributed by atoms with Crippen molar-refractivity contribution in [1.82, 2.24) is 4.90 Å². The molecule has 2 N–H and O–H groups in total. The third-order valence-corrected chi connectivity index (χ3v) is 7.09. The number of hydrogen-bond acceptors (Lipinski definition) is 5. The summed E-state index contributed by atoms with van der Waals surface area (Å²) >= 11 is 0. The minimum absolute atomic E-state index is 0.138. The molecule has 1 aliphatic carbocycles. The van der Waals surface area contributed by atoms with Gasteiger partial charge in [-0.05, 0) is 24.5 Å². The summed E-state index contributed by atoms with van der Waals surface area (Å²) in [5.74, 6) is -0.434. The molecule has 4 aliphatic rings. The van der Waals surface area contributed by atoms with E-state index in [9.17, 15) is 9.90 Å². The van der Waals surface area contributed by atoms with Gasteiger partial charge in [-0.1, -0.05) is 37.3 Å². The zero-order chi connectivity index (χ0) is 18.1. The van der Waals surface area contributed by atoms with Gasteiger partial charge in [-0.2, -0.15) is 0 Å². The van der Waals surface area contributed by atoms with E-state index in [1.54, 1.807) is 0 Å². The van der Waals surface area contributed by atoms with Crippen LogP contribution in [-0.4, -0.2) is 48.3 Å². The van der Waals surface area contributed by atoms with Gasteiger partial charge in [0.1, 0.15) is 0 Å². The van der Waals surface area contributed by atoms with E-state index in [1.807, 2.05) is 6.07 Å². The minimum Gasteiger partial charge on any atom is -0.466 e. The maximum absolute atomic E-state index is 12.8. The number of methoxy groups -OCH3 is 1. The van der Waals surface area contributed by atoms with E-state index in [0.717, 1.165) is 37.3 Å². The number of fused-ring (bicyclic) bond motifs is 1. The number of para-hydroxylation sites is 1. The quantitative estimate of drug-likeness (QED) is 0.631. The standard InChI is InChI=1S/C21H24N2O3/c1-3-20-9-6-11-23-12-10-21(19(20)23)13-7-4-5-8-14(13)22-16(21)15(17(20)24)18(25)26-2/h4-9,17,19,22,24H,3,10-12H2,1-2H3/t17-,19?,20-,21?/m0/s1. The summed E-state index contributed by atoms with van der Waals surface area (Å²) in [4.78, 5) is 15.2. The molecular weight excluding hydrogens is 328 g/mol. The number of carbonyl (C=O) groups excluding carboxylic acids is 1. The molecule has 5 nitrogen and oxygen atoms in total. The molecular formula is C21H24N2O3. The molecule has 0 bridgehead atoms. The molecule has 5 rings (SSSR count). The topological polar surface area (TPSA) is 61.8 Å². The number of rotatable bonds is 2. The van der Waals surface area contributed by atoms with E-state index in [4.69, 9.17) is 4.74 Å². The van der Waals surface area contributed by atoms with Gasteiger partial charge in [-0.25, -0.2) is 4.79 Å². The lowest BCUT2D eigenvalue weighted by atomic mass is 9.54. The molecule has 1 saturated heterocycles. The lowest BCUT2D eigenvalue weighted by molar-refractivity contribution is -0.139. The second-order valence-corrected chi connectivity index (χ2v) is 7.84. The number of ether oxygens (including phenoxy) is 1. The predicted molar refractivity (Wildman–Crippen MR) is 98.6 cm³/mol. The second-order valence-electron chi connectivity index (χ2n) is 7.84. The van der Waals surface area contributed by atoms with Crippen LogP contribution in [0.15, 0.2) is 47.7 Å². The van der Waals surface area contributed by atoms with Gasteiger partial charge >= 0.3 is 5.97 Å². The van der Waals surface area contributed by atoms with E-state index >= 15 is 0 Å². The third kappa shape index (κ3) is 1.62. The number of aliphatic hydroxyl groups excluding tert-OH is 1. The SMILES string of the molecule is CC[C@]12C=CCN3CCC4(C(=C(C(=O)OC)[C@@H]1O)Nc1ccccc14)C32. The van der Waals surface area contributed by atoms with Crippen LogP contribution >= 0.6 is 0 Å². The summed E-state index contributed by atoms with van der Waals surface area (Å²) in [6, 6.07) is 8.45. The van der Waals surface area contributed by atoms with E-state index < -0.39 is 17.5 Å². The Labute approximate surface area is 153 Å². The molecule has 1 spiro atoms. The van der Waals surface area contributed by atoms with Crippen LogP contribution in [0, 0.1) is 5.41 Å². The highest BCUT2D eigenvalue weighted by Crippen LogP contribution is 2.64. The van der Waals surface area contributed by atoms with Gasteiger partial charge in [-0.15, -0.1) is 0 Å². The Kier molecular flexibility index (Phi) is 3.22. The van der Waals surface area contributed by atoms with Crippen molar-refractivity contribution in [1.29, 1.82) is 0 Å². The molecule has 3 heterocycles. The predicted octanol–water partition coefficient (Wildman–Crippen LogP) is 2.19. The van der Waals surface area contributed by atoms with Crippen molar-refractivity contribution < 1.29 is 14.6 Å². The molecule has 3 aliphatic heterocycles. The number of nitrogens with zero attached hydrogens (tertiary/aromatic N) is 1. The summed E-state index contributed by atoms with van der Waals surface area (Å²) < 4.78 is 5.10. The van der Waals surface area contributed by atoms with Crippen LogP contribution in [0.3, 0.4) is 0 Å². The number of carbonyl (C=O) groups is 1. The first-order chi connectivity index (χ1) is 12.6. The van der Waals surface area contributed by atoms with Crippen LogP contribution in [0.2, 0.25) is 0 Å². The van der Waals surface area contributed by atoms with Crippen LogP contribution in [0.4, 0.5) is 5.69 Å². The van der Waals surface area contributed by atoms with Gasteiger partial charge in [0.2, 0.25) is 0 Å². The Hall–Kier alpha value is -2.11. The van der Waals surface area contributed by atoms with Crippen molar-refractivity contribution in [3.8, 4) is 0 Å². The minimum atomic E-state index is -0.882. The molecule has 0 saturated carbocycles. The lowest BCUT2D eigenvalue weighted by Crippen LogP contribution is -2.63. The van der Waals surface area contributed by atoms with Crippen LogP contribution in [-0.2, 0) is 14.9 Å². The molecule has 2 unspecified atom stereocenters. The van der Waals surface area contributed by atoms with Gasteiger partial charge in [0.25, 0.3) is 0 Å². The molecule has 4 atom stereocenters. The smallest absolute Gasteiger partial charge is 0.338 e. The molecule has 136 valence electrons. The van der Waals surface area contributed by atoms with Gasteiger partial charge in [0.15, 0.2) is 0 Å². The van der Waals surface area contributed by atoms with Crippen LogP contribution in [0.5, 0.6) is 0 Å². The average molecular weight is 352 g/mol. The Morgan fingerprint density at radius 1 is 1.42 bits per heavy atom. The summed E-state index contributed by atoms with van der Waals surface area (Å²) in [5.41, 5.74) is 2.75. The summed E-state index contributed by atoms with van der Waals surface area (Å²) in [5, 5.41) is 14.9. The molecule has 26 heavy (non-hydrogen) atoms. The van der Waals surface area contributed by atoms with Crippen molar-refractivity contribution in [2.24, 2.45) is 5.41 Å². The van der Waals surface area contributed by atoms with Crippen molar-refractivity contribution >= 4 is 11.7 Å². The van der Waals surface area contributed by atoms with Gasteiger partial charge < -0.3 is 15.2 Å². The summed E-state index contributed by atoms with van der Waals surface area (Å²) in [7, 11) is 1.39. The Morgan fingerprint density at radius 2 is 2.23 bits per heavy atom. The number of benzene rings is 1. The molecule has 1 aromatic rings. The monoisotopic (exact) mass is 352 g/mol. The number of esters is 1. The number of aliphatic hydroxyl groups is 1. The fourth-order valence-electron chi connectivity index (χ4n) is 6.08. The van der Waals surface area contributed by atoms with Crippen molar-refractivity contribution in [2.45, 2.75) is 37.3 Å². The van der Waals surface area contributed by atoms with Crippen LogP contribution < -0.4 is 5.32 Å². The summed E-state index contributed by atoms with van der Waals surface area (Å²) in [6.07, 6.45) is 5.13. The fraction of sp³-hybridized carbons (Fsp3) is 0.476. The van der Waals surface area contributed by atoms with Crippen LogP contribution in [0.25, 0.3) is 0 Å². The van der Waals surface area contributed by atoms with E-state index in [2.05, 4.69) is 47.5 Å². The Bertz CT molecular complexity index is 861. The number of hydrogen-bond donors (Lipinski definition) is 2. The zero-order valence-electron chi connectivity index (χ0n) is 15.2. The lowest BCUT2D eigenvalue weighted by Gasteiger charge is -2.55. The van der Waals surface area contributed by atoms with Crippen molar-refractivity contribution in [3.63, 3.8) is 0 Å². The van der Waals surface area contributed by atoms with Gasteiger partial charge in [-0.3, -0.25) is 4.90 Å². The largest absolute Gasteiger partial charge is 0.466 e. The van der Waals surface area contributed by atoms with Gasteiger partial charge in [0, 0.05) is 35.9 Å². The number of nitrogens with one attached hydrogen (secondary N) is 1. The third-order valence-electron chi connectivity index (χ3n) is 7.09. The molecule has 1 aromatic carbocycles. The van der Waals surface area contributed by atoms with E-state index in [0.29, 0.717) is 5.57 Å². The summed E-state index contributed by atoms with van der Waals surface area (Å²) in [6.45, 7) is 3.96. The van der Waals surface area contributed by atoms with E-state index in [1.165, 1.54) is 12.7 Å².